The number of halogens is 7. The van der Waals surface area contributed by atoms with Gasteiger partial charge in [0.25, 0.3) is 0 Å². The van der Waals surface area contributed by atoms with Gasteiger partial charge >= 0.3 is 18.0 Å². The van der Waals surface area contributed by atoms with E-state index in [9.17, 15) is 31.1 Å². The Morgan fingerprint density at radius 2 is 1.42 bits per heavy atom. The lowest BCUT2D eigenvalue weighted by Crippen LogP contribution is -2.47. The van der Waals surface area contributed by atoms with Crippen LogP contribution in [0.4, 0.5) is 32.2 Å². The number of aryl methyl sites for hydroxylation is 1. The van der Waals surface area contributed by atoms with E-state index < -0.39 is 34.8 Å². The van der Waals surface area contributed by atoms with E-state index in [2.05, 4.69) is 19.9 Å². The molecule has 0 unspecified atom stereocenters. The second kappa shape index (κ2) is 11.3. The fourth-order valence-electron chi connectivity index (χ4n) is 3.65. The lowest BCUT2D eigenvalue weighted by molar-refractivity contribution is -0.142. The summed E-state index contributed by atoms with van der Waals surface area (Å²) in [7, 11) is 0. The van der Waals surface area contributed by atoms with Gasteiger partial charge in [-0.1, -0.05) is 20.8 Å². The van der Waals surface area contributed by atoms with Crippen molar-refractivity contribution in [1.29, 1.82) is 0 Å². The van der Waals surface area contributed by atoms with Crippen molar-refractivity contribution in [3.63, 3.8) is 0 Å². The summed E-state index contributed by atoms with van der Waals surface area (Å²) in [4.78, 5) is 26.9. The zero-order chi connectivity index (χ0) is 26.0. The maximum absolute atomic E-state index is 13.4. The summed E-state index contributed by atoms with van der Waals surface area (Å²) in [5.74, 6) is 0.392. The average molecular weight is 543 g/mol. The monoisotopic (exact) mass is 542 g/mol. The van der Waals surface area contributed by atoms with Gasteiger partial charge in [-0.25, -0.2) is 14.8 Å². The van der Waals surface area contributed by atoms with E-state index in [1.54, 1.807) is 20.8 Å². The highest BCUT2D eigenvalue weighted by Gasteiger charge is 2.36. The Bertz CT molecular complexity index is 1040. The van der Waals surface area contributed by atoms with Crippen molar-refractivity contribution in [2.75, 3.05) is 37.6 Å². The smallest absolute Gasteiger partial charge is 0.354 e. The molecule has 0 bridgehead atoms. The van der Waals surface area contributed by atoms with E-state index in [0.29, 0.717) is 45.6 Å². The molecule has 0 atom stereocenters. The van der Waals surface area contributed by atoms with Gasteiger partial charge in [-0.15, -0.1) is 12.4 Å². The molecule has 0 saturated carbocycles. The third kappa shape index (κ3) is 7.79. The van der Waals surface area contributed by atoms with Crippen molar-refractivity contribution in [3.05, 3.63) is 46.0 Å². The molecule has 2 aromatic rings. The first kappa shape index (κ1) is 29.8. The predicted octanol–water partition coefficient (Wildman–Crippen LogP) is 4.39. The molecule has 0 spiro atoms. The highest BCUT2D eigenvalue weighted by atomic mass is 35.5. The van der Waals surface area contributed by atoms with Crippen LogP contribution in [0.15, 0.2) is 23.1 Å². The molecule has 2 aromatic heterocycles. The molecule has 0 aliphatic carbocycles. The Balaban J connectivity index is 0.00000456. The zero-order valence-corrected chi connectivity index (χ0v) is 21.0. The number of nitrogens with zero attached hydrogens (tertiary/aromatic N) is 6. The number of hydrogen-bond acceptors (Lipinski definition) is 6. The van der Waals surface area contributed by atoms with E-state index in [4.69, 9.17) is 0 Å². The highest BCUT2D eigenvalue weighted by molar-refractivity contribution is 5.85. The van der Waals surface area contributed by atoms with Gasteiger partial charge in [-0.3, -0.25) is 9.47 Å². The van der Waals surface area contributed by atoms with Crippen LogP contribution in [-0.4, -0.2) is 57.1 Å². The van der Waals surface area contributed by atoms with Crippen LogP contribution in [0.25, 0.3) is 0 Å². The minimum absolute atomic E-state index is 0. The van der Waals surface area contributed by atoms with Crippen LogP contribution in [0.3, 0.4) is 0 Å². The summed E-state index contributed by atoms with van der Waals surface area (Å²) in [6, 6.07) is 1.77. The van der Waals surface area contributed by atoms with Gasteiger partial charge in [0.15, 0.2) is 5.69 Å². The molecular weight excluding hydrogens is 514 g/mol. The molecule has 3 rings (SSSR count). The van der Waals surface area contributed by atoms with Crippen LogP contribution in [0.2, 0.25) is 0 Å². The van der Waals surface area contributed by atoms with Crippen molar-refractivity contribution in [1.82, 2.24) is 24.4 Å². The lowest BCUT2D eigenvalue weighted by atomic mass is 9.95. The summed E-state index contributed by atoms with van der Waals surface area (Å²) >= 11 is 0. The SMILES string of the molecule is CC(C)(C)c1nc(N2CCN(CCCCn3ccc(C(F)(F)F)nc3=O)CC2)cc(C(F)(F)F)n1.Cl. The summed E-state index contributed by atoms with van der Waals surface area (Å²) < 4.78 is 79.1. The fourth-order valence-corrected chi connectivity index (χ4v) is 3.65. The Morgan fingerprint density at radius 3 is 1.94 bits per heavy atom. The van der Waals surface area contributed by atoms with Crippen molar-refractivity contribution >= 4 is 18.2 Å². The van der Waals surface area contributed by atoms with Crippen LogP contribution in [0.5, 0.6) is 0 Å². The number of alkyl halides is 6. The largest absolute Gasteiger partial charge is 0.433 e. The topological polar surface area (TPSA) is 67.2 Å². The summed E-state index contributed by atoms with van der Waals surface area (Å²) in [6.45, 7) is 8.48. The van der Waals surface area contributed by atoms with Crippen molar-refractivity contribution in [2.45, 2.75) is 57.9 Å². The number of anilines is 1. The van der Waals surface area contributed by atoms with Gasteiger partial charge < -0.3 is 4.90 Å². The first-order valence-electron chi connectivity index (χ1n) is 11.2. The molecule has 7 nitrogen and oxygen atoms in total. The number of piperazine rings is 1. The second-order valence-corrected chi connectivity index (χ2v) is 9.51. The second-order valence-electron chi connectivity index (χ2n) is 9.51. The summed E-state index contributed by atoms with van der Waals surface area (Å²) in [6.07, 6.45) is -6.85. The highest BCUT2D eigenvalue weighted by Crippen LogP contribution is 2.32. The van der Waals surface area contributed by atoms with E-state index >= 15 is 0 Å². The Labute approximate surface area is 211 Å². The number of hydrogen-bond donors (Lipinski definition) is 0. The third-order valence-corrected chi connectivity index (χ3v) is 5.66. The molecule has 1 saturated heterocycles. The molecule has 1 aliphatic heterocycles. The van der Waals surface area contributed by atoms with Crippen LogP contribution < -0.4 is 10.6 Å². The quantitative estimate of drug-likeness (QED) is 0.398. The van der Waals surface area contributed by atoms with E-state index in [1.807, 2.05) is 4.90 Å². The Hall–Kier alpha value is -2.41. The number of unbranched alkanes of at least 4 members (excludes halogenated alkanes) is 1. The van der Waals surface area contributed by atoms with E-state index in [1.165, 1.54) is 0 Å². The molecule has 0 amide bonds. The molecule has 0 N–H and O–H groups in total. The van der Waals surface area contributed by atoms with Gasteiger partial charge in [0.1, 0.15) is 17.3 Å². The van der Waals surface area contributed by atoms with Crippen LogP contribution in [0.1, 0.15) is 50.8 Å². The minimum Gasteiger partial charge on any atom is -0.354 e. The average Bonchev–Trinajstić information content (AvgIpc) is 2.76. The van der Waals surface area contributed by atoms with Gasteiger partial charge in [0.05, 0.1) is 0 Å². The Morgan fingerprint density at radius 1 is 0.833 bits per heavy atom. The van der Waals surface area contributed by atoms with Gasteiger partial charge in [0, 0.05) is 50.4 Å². The standard InChI is InChI=1S/C22H28F6N6O.ClH/c1-20(2,3)18-29-16(22(26,27)28)14-17(31-18)33-12-10-32(11-13-33)7-4-5-8-34-9-6-15(21(23,24)25)30-19(34)35;/h6,9,14H,4-5,7-8,10-13H2,1-3H3;1H. The molecule has 1 fully saturated rings. The maximum Gasteiger partial charge on any atom is 0.433 e. The number of rotatable bonds is 6. The fraction of sp³-hybridized carbons (Fsp3) is 0.636. The van der Waals surface area contributed by atoms with Crippen LogP contribution >= 0.6 is 12.4 Å². The molecule has 0 aromatic carbocycles. The maximum atomic E-state index is 13.4. The van der Waals surface area contributed by atoms with Gasteiger partial charge in [-0.05, 0) is 25.5 Å². The molecule has 202 valence electrons. The molecule has 1 aliphatic rings. The number of aromatic nitrogens is 4. The molecule has 0 radical (unpaired) electrons. The lowest BCUT2D eigenvalue weighted by Gasteiger charge is -2.36. The third-order valence-electron chi connectivity index (χ3n) is 5.66. The van der Waals surface area contributed by atoms with Gasteiger partial charge in [0.2, 0.25) is 0 Å². The zero-order valence-electron chi connectivity index (χ0n) is 20.2. The van der Waals surface area contributed by atoms with Crippen molar-refractivity contribution in [3.8, 4) is 0 Å². The van der Waals surface area contributed by atoms with Crippen molar-refractivity contribution < 1.29 is 26.3 Å². The van der Waals surface area contributed by atoms with E-state index in [0.717, 1.165) is 22.9 Å². The first-order chi connectivity index (χ1) is 16.1. The van der Waals surface area contributed by atoms with E-state index in [-0.39, 0.29) is 30.6 Å². The summed E-state index contributed by atoms with van der Waals surface area (Å²) in [5.41, 5.74) is -3.74. The minimum atomic E-state index is -4.66. The molecule has 14 heteroatoms. The Kier molecular flexibility index (Phi) is 9.38. The molecular formula is C22H29ClF6N6O. The molecule has 3 heterocycles. The van der Waals surface area contributed by atoms with Crippen molar-refractivity contribution in [2.24, 2.45) is 0 Å². The first-order valence-corrected chi connectivity index (χ1v) is 11.2. The van der Waals surface area contributed by atoms with Gasteiger partial charge in [-0.2, -0.15) is 31.3 Å². The van der Waals surface area contributed by atoms with Crippen LogP contribution in [0, 0.1) is 0 Å². The molecule has 36 heavy (non-hydrogen) atoms. The predicted molar refractivity (Wildman–Crippen MR) is 124 cm³/mol. The van der Waals surface area contributed by atoms with Crippen LogP contribution in [-0.2, 0) is 24.3 Å². The normalized spacial score (nSPS) is 15.6. The summed E-state index contributed by atoms with van der Waals surface area (Å²) in [5, 5.41) is 0.